The summed E-state index contributed by atoms with van der Waals surface area (Å²) >= 11 is 0. The molecule has 0 radical (unpaired) electrons. The van der Waals surface area contributed by atoms with Crippen molar-refractivity contribution in [1.29, 1.82) is 0 Å². The van der Waals surface area contributed by atoms with Crippen LogP contribution >= 0.6 is 0 Å². The lowest BCUT2D eigenvalue weighted by atomic mass is 10.1. The standard InChI is InChI=1S/C9H12N4/c1-2-8-6-4-3-5-7(10)9(6)13(11)12-8/h3-5H,2,10-11H2,1H3. The van der Waals surface area contributed by atoms with Crippen molar-refractivity contribution in [3.8, 4) is 0 Å². The van der Waals surface area contributed by atoms with Crippen LogP contribution in [0.1, 0.15) is 12.6 Å². The average molecular weight is 176 g/mol. The summed E-state index contributed by atoms with van der Waals surface area (Å²) in [7, 11) is 0. The van der Waals surface area contributed by atoms with Crippen LogP contribution in [-0.4, -0.2) is 9.89 Å². The van der Waals surface area contributed by atoms with Gasteiger partial charge < -0.3 is 11.6 Å². The number of hydrogen-bond acceptors (Lipinski definition) is 3. The molecular weight excluding hydrogens is 164 g/mol. The fourth-order valence-electron chi connectivity index (χ4n) is 1.55. The number of anilines is 1. The maximum atomic E-state index is 5.78. The van der Waals surface area contributed by atoms with E-state index in [0.29, 0.717) is 5.69 Å². The molecule has 4 heteroatoms. The van der Waals surface area contributed by atoms with Gasteiger partial charge in [0.2, 0.25) is 0 Å². The maximum Gasteiger partial charge on any atom is 0.115 e. The van der Waals surface area contributed by atoms with E-state index in [1.54, 1.807) is 0 Å². The minimum absolute atomic E-state index is 0.673. The zero-order valence-corrected chi connectivity index (χ0v) is 7.49. The van der Waals surface area contributed by atoms with E-state index >= 15 is 0 Å². The molecule has 0 atom stereocenters. The van der Waals surface area contributed by atoms with Gasteiger partial charge in [0.1, 0.15) is 5.52 Å². The van der Waals surface area contributed by atoms with Gasteiger partial charge in [-0.1, -0.05) is 19.1 Å². The van der Waals surface area contributed by atoms with E-state index in [1.165, 1.54) is 4.79 Å². The van der Waals surface area contributed by atoms with Crippen molar-refractivity contribution in [2.24, 2.45) is 0 Å². The van der Waals surface area contributed by atoms with Crippen molar-refractivity contribution in [3.05, 3.63) is 23.9 Å². The van der Waals surface area contributed by atoms with E-state index in [-0.39, 0.29) is 0 Å². The Bertz CT molecular complexity index is 444. The Morgan fingerprint density at radius 1 is 1.46 bits per heavy atom. The second-order valence-corrected chi connectivity index (χ2v) is 2.99. The van der Waals surface area contributed by atoms with Crippen LogP contribution < -0.4 is 11.6 Å². The summed E-state index contributed by atoms with van der Waals surface area (Å²) in [4.78, 5) is 1.35. The number of hydrogen-bond donors (Lipinski definition) is 2. The van der Waals surface area contributed by atoms with E-state index < -0.39 is 0 Å². The number of nitrogens with two attached hydrogens (primary N) is 2. The third-order valence-electron chi connectivity index (χ3n) is 2.17. The predicted octanol–water partition coefficient (Wildman–Crippen LogP) is 0.895. The highest BCUT2D eigenvalue weighted by molar-refractivity contribution is 5.91. The number of aryl methyl sites for hydroxylation is 1. The molecule has 0 saturated heterocycles. The number of fused-ring (bicyclic) bond motifs is 1. The molecule has 0 unspecified atom stereocenters. The molecule has 0 fully saturated rings. The molecule has 1 heterocycles. The fourth-order valence-corrected chi connectivity index (χ4v) is 1.55. The molecule has 2 rings (SSSR count). The van der Waals surface area contributed by atoms with E-state index in [1.807, 2.05) is 25.1 Å². The predicted molar refractivity (Wildman–Crippen MR) is 53.7 cm³/mol. The molecule has 2 aromatic rings. The van der Waals surface area contributed by atoms with Crippen molar-refractivity contribution >= 4 is 16.6 Å². The smallest absolute Gasteiger partial charge is 0.115 e. The molecule has 0 aliphatic rings. The summed E-state index contributed by atoms with van der Waals surface area (Å²) < 4.78 is 0. The van der Waals surface area contributed by atoms with Crippen LogP contribution in [0.2, 0.25) is 0 Å². The molecule has 68 valence electrons. The van der Waals surface area contributed by atoms with Gasteiger partial charge in [0, 0.05) is 5.39 Å². The first-order valence-corrected chi connectivity index (χ1v) is 4.25. The normalized spacial score (nSPS) is 10.8. The van der Waals surface area contributed by atoms with E-state index in [2.05, 4.69) is 5.10 Å². The number of para-hydroxylation sites is 1. The number of nitrogen functional groups attached to an aromatic ring is 2. The molecule has 0 bridgehead atoms. The molecule has 1 aromatic carbocycles. The van der Waals surface area contributed by atoms with Gasteiger partial charge in [0.25, 0.3) is 0 Å². The van der Waals surface area contributed by atoms with Gasteiger partial charge in [0.15, 0.2) is 0 Å². The SMILES string of the molecule is CCc1nn(N)c2c(N)cccc12. The number of aromatic nitrogens is 2. The molecular formula is C9H12N4. The van der Waals surface area contributed by atoms with Crippen LogP contribution in [0.5, 0.6) is 0 Å². The summed E-state index contributed by atoms with van der Waals surface area (Å²) in [6.45, 7) is 2.05. The molecule has 4 N–H and O–H groups in total. The van der Waals surface area contributed by atoms with Gasteiger partial charge in [-0.05, 0) is 12.5 Å². The first-order valence-electron chi connectivity index (χ1n) is 4.25. The van der Waals surface area contributed by atoms with Crippen molar-refractivity contribution in [3.63, 3.8) is 0 Å². The molecule has 4 nitrogen and oxygen atoms in total. The summed E-state index contributed by atoms with van der Waals surface area (Å²) in [5.41, 5.74) is 8.27. The quantitative estimate of drug-likeness (QED) is 0.501. The lowest BCUT2D eigenvalue weighted by Crippen LogP contribution is -2.10. The van der Waals surface area contributed by atoms with Gasteiger partial charge in [0.05, 0.1) is 11.4 Å². The summed E-state index contributed by atoms with van der Waals surface area (Å²) in [5, 5.41) is 5.23. The molecule has 0 spiro atoms. The van der Waals surface area contributed by atoms with Crippen LogP contribution in [-0.2, 0) is 6.42 Å². The third-order valence-corrected chi connectivity index (χ3v) is 2.17. The van der Waals surface area contributed by atoms with Crippen LogP contribution in [0.4, 0.5) is 5.69 Å². The van der Waals surface area contributed by atoms with Crippen molar-refractivity contribution in [2.75, 3.05) is 11.6 Å². The summed E-state index contributed by atoms with van der Waals surface area (Å²) in [5.74, 6) is 5.68. The fraction of sp³-hybridized carbons (Fsp3) is 0.222. The van der Waals surface area contributed by atoms with Crippen molar-refractivity contribution in [2.45, 2.75) is 13.3 Å². The van der Waals surface area contributed by atoms with Crippen molar-refractivity contribution < 1.29 is 0 Å². The van der Waals surface area contributed by atoms with Gasteiger partial charge in [-0.15, -0.1) is 0 Å². The lowest BCUT2D eigenvalue weighted by molar-refractivity contribution is 0.825. The minimum atomic E-state index is 0.673. The van der Waals surface area contributed by atoms with Crippen LogP contribution in [0, 0.1) is 0 Å². The first-order chi connectivity index (χ1) is 6.24. The van der Waals surface area contributed by atoms with E-state index in [4.69, 9.17) is 11.6 Å². The average Bonchev–Trinajstić information content (AvgIpc) is 2.44. The molecule has 1 aromatic heterocycles. The van der Waals surface area contributed by atoms with Gasteiger partial charge >= 0.3 is 0 Å². The number of benzene rings is 1. The number of nitrogens with zero attached hydrogens (tertiary/aromatic N) is 2. The maximum absolute atomic E-state index is 5.78. The highest BCUT2D eigenvalue weighted by Crippen LogP contribution is 2.22. The minimum Gasteiger partial charge on any atom is -0.397 e. The Morgan fingerprint density at radius 3 is 2.92 bits per heavy atom. The van der Waals surface area contributed by atoms with E-state index in [9.17, 15) is 0 Å². The summed E-state index contributed by atoms with van der Waals surface area (Å²) in [6.07, 6.45) is 0.865. The van der Waals surface area contributed by atoms with Gasteiger partial charge in [-0.3, -0.25) is 0 Å². The zero-order valence-electron chi connectivity index (χ0n) is 7.49. The Balaban J connectivity index is 2.87. The largest absolute Gasteiger partial charge is 0.397 e. The monoisotopic (exact) mass is 176 g/mol. The second kappa shape index (κ2) is 2.65. The Hall–Kier alpha value is -1.71. The molecule has 0 aliphatic heterocycles. The molecule has 13 heavy (non-hydrogen) atoms. The topological polar surface area (TPSA) is 69.9 Å². The van der Waals surface area contributed by atoms with Crippen molar-refractivity contribution in [1.82, 2.24) is 9.89 Å². The molecule has 0 amide bonds. The lowest BCUT2D eigenvalue weighted by Gasteiger charge is -1.97. The highest BCUT2D eigenvalue weighted by Gasteiger charge is 2.08. The Kier molecular flexibility index (Phi) is 1.62. The van der Waals surface area contributed by atoms with E-state index in [0.717, 1.165) is 23.0 Å². The Labute approximate surface area is 76.1 Å². The number of rotatable bonds is 1. The van der Waals surface area contributed by atoms with Crippen LogP contribution in [0.25, 0.3) is 10.9 Å². The second-order valence-electron chi connectivity index (χ2n) is 2.99. The Morgan fingerprint density at radius 2 is 2.23 bits per heavy atom. The highest BCUT2D eigenvalue weighted by atomic mass is 15.5. The molecule has 0 saturated carbocycles. The first kappa shape index (κ1) is 7.91. The van der Waals surface area contributed by atoms with Gasteiger partial charge in [-0.25, -0.2) is 0 Å². The van der Waals surface area contributed by atoms with Crippen LogP contribution in [0.3, 0.4) is 0 Å². The molecule has 0 aliphatic carbocycles. The zero-order chi connectivity index (χ0) is 9.42. The van der Waals surface area contributed by atoms with Gasteiger partial charge in [-0.2, -0.15) is 9.89 Å². The third kappa shape index (κ3) is 1.02. The summed E-state index contributed by atoms with van der Waals surface area (Å²) in [6, 6.07) is 5.73. The van der Waals surface area contributed by atoms with Crippen LogP contribution in [0.15, 0.2) is 18.2 Å².